The summed E-state index contributed by atoms with van der Waals surface area (Å²) in [5, 5.41) is 13.6. The number of nitrogens with one attached hydrogen (secondary N) is 2. The molecule has 6 nitrogen and oxygen atoms in total. The largest absolute Gasteiger partial charge is 0.480 e. The summed E-state index contributed by atoms with van der Waals surface area (Å²) in [6, 6.07) is 13.1. The number of para-hydroxylation sites is 1. The fourth-order valence-electron chi connectivity index (χ4n) is 4.73. The number of anilines is 1. The van der Waals surface area contributed by atoms with Gasteiger partial charge in [0.25, 0.3) is 0 Å². The molecule has 1 heterocycles. The predicted molar refractivity (Wildman–Crippen MR) is 131 cm³/mol. The summed E-state index contributed by atoms with van der Waals surface area (Å²) in [5.74, 6) is -1.26. The molecule has 0 saturated heterocycles. The second kappa shape index (κ2) is 9.28. The van der Waals surface area contributed by atoms with Crippen molar-refractivity contribution in [3.63, 3.8) is 0 Å². The Labute approximate surface area is 193 Å². The zero-order valence-corrected chi connectivity index (χ0v) is 19.2. The van der Waals surface area contributed by atoms with E-state index in [4.69, 9.17) is 0 Å². The number of aliphatic carboxylic acids is 1. The Morgan fingerprint density at radius 3 is 2.75 bits per heavy atom. The molecule has 0 bridgehead atoms. The number of aromatic nitrogens is 1. The molecule has 4 rings (SSSR count). The van der Waals surface area contributed by atoms with Crippen molar-refractivity contribution in [3.05, 3.63) is 65.4 Å². The van der Waals surface area contributed by atoms with Crippen LogP contribution in [-0.4, -0.2) is 47.9 Å². The third-order valence-corrected chi connectivity index (χ3v) is 6.89. The van der Waals surface area contributed by atoms with E-state index in [0.29, 0.717) is 5.75 Å². The summed E-state index contributed by atoms with van der Waals surface area (Å²) in [4.78, 5) is 30.4. The number of H-pyrrole nitrogens is 1. The van der Waals surface area contributed by atoms with Crippen LogP contribution in [-0.2, 0) is 22.4 Å². The number of amides is 1. The molecule has 0 aliphatic heterocycles. The number of hydrogen-bond acceptors (Lipinski definition) is 4. The SMILES string of the molecule is CN(C)c1ccc2c(c1)CCC2C(CS)C(=O)NC(Cc1c[nH]c2ccccc12)C(=O)O. The second-order valence-corrected chi connectivity index (χ2v) is 9.04. The normalized spacial score (nSPS) is 17.0. The van der Waals surface area contributed by atoms with E-state index in [2.05, 4.69) is 46.0 Å². The molecule has 32 heavy (non-hydrogen) atoms. The van der Waals surface area contributed by atoms with Gasteiger partial charge >= 0.3 is 5.97 Å². The summed E-state index contributed by atoms with van der Waals surface area (Å²) in [7, 11) is 4.02. The molecule has 1 amide bonds. The topological polar surface area (TPSA) is 85.4 Å². The molecule has 3 unspecified atom stereocenters. The smallest absolute Gasteiger partial charge is 0.326 e. The Morgan fingerprint density at radius 2 is 2.03 bits per heavy atom. The lowest BCUT2D eigenvalue weighted by molar-refractivity contribution is -0.142. The monoisotopic (exact) mass is 451 g/mol. The van der Waals surface area contributed by atoms with Gasteiger partial charge in [-0.25, -0.2) is 4.79 Å². The van der Waals surface area contributed by atoms with Gasteiger partial charge in [0.15, 0.2) is 0 Å². The van der Waals surface area contributed by atoms with Crippen LogP contribution in [0.15, 0.2) is 48.7 Å². The van der Waals surface area contributed by atoms with Crippen LogP contribution >= 0.6 is 12.6 Å². The molecule has 1 aliphatic rings. The van der Waals surface area contributed by atoms with Crippen molar-refractivity contribution in [2.24, 2.45) is 5.92 Å². The maximum atomic E-state index is 13.2. The second-order valence-electron chi connectivity index (χ2n) is 8.67. The number of carboxylic acid groups (broad SMARTS) is 1. The van der Waals surface area contributed by atoms with E-state index >= 15 is 0 Å². The van der Waals surface area contributed by atoms with Gasteiger partial charge < -0.3 is 20.3 Å². The molecule has 7 heteroatoms. The van der Waals surface area contributed by atoms with Crippen molar-refractivity contribution in [1.82, 2.24) is 10.3 Å². The molecule has 0 saturated carbocycles. The quantitative estimate of drug-likeness (QED) is 0.394. The fourth-order valence-corrected chi connectivity index (χ4v) is 5.15. The Kier molecular flexibility index (Phi) is 6.46. The average Bonchev–Trinajstić information content (AvgIpc) is 3.38. The Balaban J connectivity index is 1.51. The van der Waals surface area contributed by atoms with E-state index in [1.165, 1.54) is 11.1 Å². The lowest BCUT2D eigenvalue weighted by Crippen LogP contribution is -2.46. The van der Waals surface area contributed by atoms with Crippen LogP contribution in [0.4, 0.5) is 5.69 Å². The van der Waals surface area contributed by atoms with Crippen LogP contribution < -0.4 is 10.2 Å². The number of aryl methyl sites for hydroxylation is 1. The number of carbonyl (C=O) groups is 2. The number of aromatic amines is 1. The summed E-state index contributed by atoms with van der Waals surface area (Å²) in [5.41, 5.74) is 5.40. The van der Waals surface area contributed by atoms with E-state index in [9.17, 15) is 14.7 Å². The van der Waals surface area contributed by atoms with E-state index in [-0.39, 0.29) is 24.2 Å². The van der Waals surface area contributed by atoms with Gasteiger partial charge in [-0.1, -0.05) is 24.3 Å². The maximum absolute atomic E-state index is 13.2. The van der Waals surface area contributed by atoms with Gasteiger partial charge in [0, 0.05) is 49.1 Å². The van der Waals surface area contributed by atoms with Crippen LogP contribution in [0.25, 0.3) is 10.9 Å². The minimum Gasteiger partial charge on any atom is -0.480 e. The third kappa shape index (κ3) is 4.35. The first kappa shape index (κ1) is 22.3. The lowest BCUT2D eigenvalue weighted by atomic mass is 9.87. The maximum Gasteiger partial charge on any atom is 0.326 e. The molecule has 0 spiro atoms. The molecule has 0 fully saturated rings. The molecule has 1 aliphatic carbocycles. The molecule has 3 atom stereocenters. The van der Waals surface area contributed by atoms with E-state index in [0.717, 1.165) is 35.0 Å². The number of fused-ring (bicyclic) bond motifs is 2. The Bertz CT molecular complexity index is 1140. The highest BCUT2D eigenvalue weighted by molar-refractivity contribution is 7.80. The van der Waals surface area contributed by atoms with Crippen LogP contribution in [0.1, 0.15) is 29.0 Å². The number of carboxylic acids is 1. The van der Waals surface area contributed by atoms with E-state index in [1.54, 1.807) is 0 Å². The van der Waals surface area contributed by atoms with Crippen LogP contribution in [0, 0.1) is 5.92 Å². The third-order valence-electron chi connectivity index (χ3n) is 6.50. The number of nitrogens with zero attached hydrogens (tertiary/aromatic N) is 1. The first-order valence-corrected chi connectivity index (χ1v) is 11.5. The van der Waals surface area contributed by atoms with Crippen molar-refractivity contribution in [1.29, 1.82) is 0 Å². The number of rotatable bonds is 8. The number of carbonyl (C=O) groups excluding carboxylic acids is 1. The standard InChI is InChI=1S/C25H29N3O3S/c1-28(2)17-8-10-18-15(11-17)7-9-20(18)21(14-32)24(29)27-23(25(30)31)12-16-13-26-22-6-4-3-5-19(16)22/h3-6,8,10-11,13,20-21,23,26,32H,7,9,12,14H2,1-2H3,(H,27,29)(H,30,31). The van der Waals surface area contributed by atoms with Crippen molar-refractivity contribution < 1.29 is 14.7 Å². The minimum atomic E-state index is -1.04. The van der Waals surface area contributed by atoms with Crippen LogP contribution in [0.2, 0.25) is 0 Å². The molecule has 168 valence electrons. The zero-order chi connectivity index (χ0) is 22.8. The van der Waals surface area contributed by atoms with Crippen molar-refractivity contribution in [2.75, 3.05) is 24.7 Å². The molecular formula is C25H29N3O3S. The Hall–Kier alpha value is -2.93. The van der Waals surface area contributed by atoms with Gasteiger partial charge in [0.2, 0.25) is 5.91 Å². The fraction of sp³-hybridized carbons (Fsp3) is 0.360. The summed E-state index contributed by atoms with van der Waals surface area (Å²) >= 11 is 4.46. The number of thiol groups is 1. The number of benzene rings is 2. The van der Waals surface area contributed by atoms with Crippen molar-refractivity contribution in [3.8, 4) is 0 Å². The van der Waals surface area contributed by atoms with E-state index < -0.39 is 12.0 Å². The van der Waals surface area contributed by atoms with Gasteiger partial charge in [-0.3, -0.25) is 4.79 Å². The van der Waals surface area contributed by atoms with Gasteiger partial charge in [-0.05, 0) is 53.6 Å². The van der Waals surface area contributed by atoms with Crippen LogP contribution in [0.5, 0.6) is 0 Å². The summed E-state index contributed by atoms with van der Waals surface area (Å²) < 4.78 is 0. The molecule has 3 N–H and O–H groups in total. The van der Waals surface area contributed by atoms with E-state index in [1.807, 2.05) is 44.6 Å². The number of hydrogen-bond donors (Lipinski definition) is 4. The highest BCUT2D eigenvalue weighted by Crippen LogP contribution is 2.40. The van der Waals surface area contributed by atoms with Crippen LogP contribution in [0.3, 0.4) is 0 Å². The van der Waals surface area contributed by atoms with Gasteiger partial charge in [-0.15, -0.1) is 0 Å². The Morgan fingerprint density at radius 1 is 1.25 bits per heavy atom. The molecule has 3 aromatic rings. The first-order chi connectivity index (χ1) is 15.4. The summed E-state index contributed by atoms with van der Waals surface area (Å²) in [6.07, 6.45) is 3.82. The lowest BCUT2D eigenvalue weighted by Gasteiger charge is -2.25. The molecule has 1 aromatic heterocycles. The average molecular weight is 452 g/mol. The minimum absolute atomic E-state index is 0.0428. The van der Waals surface area contributed by atoms with Gasteiger partial charge in [-0.2, -0.15) is 12.6 Å². The summed E-state index contributed by atoms with van der Waals surface area (Å²) in [6.45, 7) is 0. The zero-order valence-electron chi connectivity index (χ0n) is 18.3. The highest BCUT2D eigenvalue weighted by atomic mass is 32.1. The highest BCUT2D eigenvalue weighted by Gasteiger charge is 2.35. The van der Waals surface area contributed by atoms with Crippen molar-refractivity contribution >= 4 is 41.1 Å². The van der Waals surface area contributed by atoms with Gasteiger partial charge in [0.05, 0.1) is 5.92 Å². The predicted octanol–water partition coefficient (Wildman–Crippen LogP) is 3.62. The molecular weight excluding hydrogens is 422 g/mol. The first-order valence-electron chi connectivity index (χ1n) is 10.9. The molecule has 2 aromatic carbocycles. The van der Waals surface area contributed by atoms with Crippen molar-refractivity contribution in [2.45, 2.75) is 31.2 Å². The molecule has 0 radical (unpaired) electrons. The van der Waals surface area contributed by atoms with Gasteiger partial charge in [0.1, 0.15) is 6.04 Å².